The first-order valence-electron chi connectivity index (χ1n) is 7.85. The first-order valence-corrected chi connectivity index (χ1v) is 7.85. The SMILES string of the molecule is CC(C)c1ccc(C#N)c(N(C)CCC2CCCCO2)n1. The van der Waals surface area contributed by atoms with Gasteiger partial charge in [0.15, 0.2) is 0 Å². The van der Waals surface area contributed by atoms with Crippen LogP contribution in [0.4, 0.5) is 5.82 Å². The van der Waals surface area contributed by atoms with E-state index in [0.717, 1.165) is 37.5 Å². The van der Waals surface area contributed by atoms with Crippen LogP contribution in [0, 0.1) is 11.3 Å². The van der Waals surface area contributed by atoms with Gasteiger partial charge in [-0.15, -0.1) is 0 Å². The molecule has 0 aromatic carbocycles. The maximum Gasteiger partial charge on any atom is 0.146 e. The largest absolute Gasteiger partial charge is 0.378 e. The number of pyridine rings is 1. The van der Waals surface area contributed by atoms with Crippen molar-refractivity contribution in [2.24, 2.45) is 0 Å². The summed E-state index contributed by atoms with van der Waals surface area (Å²) >= 11 is 0. The minimum Gasteiger partial charge on any atom is -0.378 e. The number of hydrogen-bond donors (Lipinski definition) is 0. The van der Waals surface area contributed by atoms with Gasteiger partial charge in [0.25, 0.3) is 0 Å². The molecule has 2 rings (SSSR count). The van der Waals surface area contributed by atoms with E-state index in [-0.39, 0.29) is 0 Å². The molecule has 0 saturated carbocycles. The highest BCUT2D eigenvalue weighted by Crippen LogP contribution is 2.22. The number of nitriles is 1. The van der Waals surface area contributed by atoms with Gasteiger partial charge in [0.05, 0.1) is 11.7 Å². The third kappa shape index (κ3) is 4.18. The summed E-state index contributed by atoms with van der Waals surface area (Å²) in [6.07, 6.45) is 4.95. The van der Waals surface area contributed by atoms with E-state index in [2.05, 4.69) is 29.8 Å². The maximum atomic E-state index is 9.27. The molecule has 0 bridgehead atoms. The summed E-state index contributed by atoms with van der Waals surface area (Å²) in [4.78, 5) is 6.76. The Morgan fingerprint density at radius 2 is 2.24 bits per heavy atom. The van der Waals surface area contributed by atoms with Crippen molar-refractivity contribution in [3.63, 3.8) is 0 Å². The van der Waals surface area contributed by atoms with Gasteiger partial charge in [0, 0.05) is 25.9 Å². The van der Waals surface area contributed by atoms with Gasteiger partial charge in [0.1, 0.15) is 11.9 Å². The van der Waals surface area contributed by atoms with E-state index in [4.69, 9.17) is 4.74 Å². The van der Waals surface area contributed by atoms with Crippen molar-refractivity contribution in [2.45, 2.75) is 51.6 Å². The molecule has 2 heterocycles. The van der Waals surface area contributed by atoms with Crippen molar-refractivity contribution in [3.05, 3.63) is 23.4 Å². The summed E-state index contributed by atoms with van der Waals surface area (Å²) in [5, 5.41) is 9.27. The van der Waals surface area contributed by atoms with E-state index < -0.39 is 0 Å². The van der Waals surface area contributed by atoms with Crippen LogP contribution < -0.4 is 4.90 Å². The highest BCUT2D eigenvalue weighted by atomic mass is 16.5. The van der Waals surface area contributed by atoms with Gasteiger partial charge < -0.3 is 9.64 Å². The Balaban J connectivity index is 2.04. The van der Waals surface area contributed by atoms with Crippen LogP contribution in [0.3, 0.4) is 0 Å². The summed E-state index contributed by atoms with van der Waals surface area (Å²) in [7, 11) is 2.01. The zero-order valence-electron chi connectivity index (χ0n) is 13.3. The van der Waals surface area contributed by atoms with Crippen molar-refractivity contribution >= 4 is 5.82 Å². The highest BCUT2D eigenvalue weighted by molar-refractivity contribution is 5.54. The Labute approximate surface area is 127 Å². The standard InChI is InChI=1S/C17H25N3O/c1-13(2)16-8-7-14(12-18)17(19-16)20(3)10-9-15-6-4-5-11-21-15/h7-8,13,15H,4-6,9-11H2,1-3H3. The highest BCUT2D eigenvalue weighted by Gasteiger charge is 2.17. The Morgan fingerprint density at radius 1 is 1.43 bits per heavy atom. The minimum atomic E-state index is 0.361. The van der Waals surface area contributed by atoms with Crippen LogP contribution in [-0.2, 0) is 4.74 Å². The van der Waals surface area contributed by atoms with Gasteiger partial charge in [-0.3, -0.25) is 0 Å². The van der Waals surface area contributed by atoms with Gasteiger partial charge >= 0.3 is 0 Å². The summed E-state index contributed by atoms with van der Waals surface area (Å²) in [5.41, 5.74) is 1.68. The van der Waals surface area contributed by atoms with E-state index in [1.165, 1.54) is 12.8 Å². The number of ether oxygens (including phenoxy) is 1. The smallest absolute Gasteiger partial charge is 0.146 e. The van der Waals surface area contributed by atoms with Gasteiger partial charge in [-0.1, -0.05) is 13.8 Å². The molecule has 4 heteroatoms. The van der Waals surface area contributed by atoms with E-state index in [9.17, 15) is 5.26 Å². The Kier molecular flexibility index (Phi) is 5.58. The van der Waals surface area contributed by atoms with E-state index >= 15 is 0 Å². The Hall–Kier alpha value is -1.60. The molecule has 0 N–H and O–H groups in total. The third-order valence-corrected chi connectivity index (χ3v) is 4.03. The number of rotatable bonds is 5. The molecule has 1 aromatic rings. The Bertz CT molecular complexity index is 501. The molecule has 1 atom stereocenters. The van der Waals surface area contributed by atoms with E-state index in [1.807, 2.05) is 19.2 Å². The number of anilines is 1. The van der Waals surface area contributed by atoms with Crippen LogP contribution in [0.5, 0.6) is 0 Å². The van der Waals surface area contributed by atoms with Crippen molar-refractivity contribution < 1.29 is 4.74 Å². The fraction of sp³-hybridized carbons (Fsp3) is 0.647. The van der Waals surface area contributed by atoms with Gasteiger partial charge in [-0.2, -0.15) is 5.26 Å². The number of nitrogens with zero attached hydrogens (tertiary/aromatic N) is 3. The van der Waals surface area contributed by atoms with Crippen molar-refractivity contribution in [1.82, 2.24) is 4.98 Å². The zero-order chi connectivity index (χ0) is 15.2. The minimum absolute atomic E-state index is 0.361. The van der Waals surface area contributed by atoms with E-state index in [0.29, 0.717) is 17.6 Å². The number of hydrogen-bond acceptors (Lipinski definition) is 4. The van der Waals surface area contributed by atoms with Crippen LogP contribution in [0.25, 0.3) is 0 Å². The molecule has 1 aliphatic heterocycles. The molecule has 21 heavy (non-hydrogen) atoms. The molecule has 1 aromatic heterocycles. The summed E-state index contributed by atoms with van der Waals surface area (Å²) in [6.45, 7) is 5.99. The van der Waals surface area contributed by atoms with Crippen molar-refractivity contribution in [2.75, 3.05) is 25.1 Å². The van der Waals surface area contributed by atoms with Crippen LogP contribution in [0.15, 0.2) is 12.1 Å². The molecule has 1 aliphatic rings. The lowest BCUT2D eigenvalue weighted by Crippen LogP contribution is -2.28. The predicted octanol–water partition coefficient (Wildman–Crippen LogP) is 3.47. The quantitative estimate of drug-likeness (QED) is 0.832. The summed E-state index contributed by atoms with van der Waals surface area (Å²) in [6, 6.07) is 6.07. The first-order chi connectivity index (χ1) is 10.1. The van der Waals surface area contributed by atoms with Crippen LogP contribution in [0.1, 0.15) is 56.7 Å². The van der Waals surface area contributed by atoms with Crippen molar-refractivity contribution in [1.29, 1.82) is 5.26 Å². The number of aromatic nitrogens is 1. The van der Waals surface area contributed by atoms with Crippen molar-refractivity contribution in [3.8, 4) is 6.07 Å². The maximum absolute atomic E-state index is 9.27. The van der Waals surface area contributed by atoms with Crippen LogP contribution in [0.2, 0.25) is 0 Å². The zero-order valence-corrected chi connectivity index (χ0v) is 13.3. The van der Waals surface area contributed by atoms with Gasteiger partial charge in [-0.05, 0) is 43.7 Å². The summed E-state index contributed by atoms with van der Waals surface area (Å²) in [5.74, 6) is 1.16. The lowest BCUT2D eigenvalue weighted by Gasteiger charge is -2.26. The molecule has 1 saturated heterocycles. The van der Waals surface area contributed by atoms with E-state index in [1.54, 1.807) is 0 Å². The second kappa shape index (κ2) is 7.42. The molecule has 0 radical (unpaired) electrons. The summed E-state index contributed by atoms with van der Waals surface area (Å²) < 4.78 is 5.77. The van der Waals surface area contributed by atoms with Crippen LogP contribution in [-0.4, -0.2) is 31.3 Å². The first kappa shape index (κ1) is 15.8. The third-order valence-electron chi connectivity index (χ3n) is 4.03. The fourth-order valence-electron chi connectivity index (χ4n) is 2.64. The molecule has 0 aliphatic carbocycles. The molecular weight excluding hydrogens is 262 g/mol. The monoisotopic (exact) mass is 287 g/mol. The molecule has 0 spiro atoms. The van der Waals surface area contributed by atoms with Gasteiger partial charge in [0.2, 0.25) is 0 Å². The fourth-order valence-corrected chi connectivity index (χ4v) is 2.64. The predicted molar refractivity (Wildman–Crippen MR) is 84.5 cm³/mol. The average molecular weight is 287 g/mol. The molecule has 114 valence electrons. The lowest BCUT2D eigenvalue weighted by atomic mass is 10.1. The molecule has 0 amide bonds. The topological polar surface area (TPSA) is 49.2 Å². The second-order valence-electron chi connectivity index (χ2n) is 6.07. The Morgan fingerprint density at radius 3 is 2.86 bits per heavy atom. The lowest BCUT2D eigenvalue weighted by molar-refractivity contribution is 0.0126. The normalized spacial score (nSPS) is 18.5. The molecule has 1 fully saturated rings. The molecule has 4 nitrogen and oxygen atoms in total. The molecular formula is C17H25N3O. The van der Waals surface area contributed by atoms with Crippen LogP contribution >= 0.6 is 0 Å². The average Bonchev–Trinajstić information content (AvgIpc) is 2.52. The second-order valence-corrected chi connectivity index (χ2v) is 6.07. The molecule has 1 unspecified atom stereocenters. The van der Waals surface area contributed by atoms with Gasteiger partial charge in [-0.25, -0.2) is 4.98 Å².